The van der Waals surface area contributed by atoms with Crippen molar-refractivity contribution in [2.24, 2.45) is 0 Å². The van der Waals surface area contributed by atoms with Crippen LogP contribution >= 0.6 is 15.9 Å². The zero-order valence-corrected chi connectivity index (χ0v) is 10.3. The van der Waals surface area contributed by atoms with Crippen molar-refractivity contribution in [2.75, 3.05) is 0 Å². The van der Waals surface area contributed by atoms with E-state index in [0.717, 1.165) is 6.92 Å². The quantitative estimate of drug-likeness (QED) is 0.231. The Morgan fingerprint density at radius 1 is 1.42 bits per heavy atom. The Bertz CT molecular complexity index is 164. The molecule has 0 heterocycles. The van der Waals surface area contributed by atoms with E-state index in [1.807, 2.05) is 0 Å². The van der Waals surface area contributed by atoms with Gasteiger partial charge in [0.25, 0.3) is 0 Å². The molecule has 0 aromatic heterocycles. The molecule has 1 unspecified atom stereocenters. The molecule has 0 aliphatic carbocycles. The zero-order chi connectivity index (χ0) is 9.65. The van der Waals surface area contributed by atoms with Gasteiger partial charge in [-0.2, -0.15) is 0 Å². The summed E-state index contributed by atoms with van der Waals surface area (Å²) in [6.45, 7) is 1.04. The molecule has 0 rings (SSSR count). The summed E-state index contributed by atoms with van der Waals surface area (Å²) >= 11 is 0. The average molecular weight is 231 g/mol. The molecule has 0 amide bonds. The van der Waals surface area contributed by atoms with E-state index in [1.165, 1.54) is 0 Å². The van der Waals surface area contributed by atoms with Crippen LogP contribution in [0.2, 0.25) is 0 Å². The summed E-state index contributed by atoms with van der Waals surface area (Å²) in [6, 6.07) is 0. The van der Waals surface area contributed by atoms with E-state index in [0.29, 0.717) is 0 Å². The summed E-state index contributed by atoms with van der Waals surface area (Å²) < 4.78 is 18.5. The van der Waals surface area contributed by atoms with Gasteiger partial charge in [0, 0.05) is 4.57 Å². The van der Waals surface area contributed by atoms with Crippen LogP contribution in [0.3, 0.4) is 0 Å². The molecule has 0 saturated heterocycles. The molecule has 1 atom stereocenters. The first-order chi connectivity index (χ1) is 4.68. The third-order valence-corrected chi connectivity index (χ3v) is 1.46. The van der Waals surface area contributed by atoms with Gasteiger partial charge in [0.2, 0.25) is 0 Å². The summed E-state index contributed by atoms with van der Waals surface area (Å²) in [5, 5.41) is 8.13. The van der Waals surface area contributed by atoms with Crippen LogP contribution in [0.5, 0.6) is 0 Å². The Balaban J connectivity index is -0.0000000600. The molecule has 0 radical (unpaired) electrons. The van der Waals surface area contributed by atoms with E-state index in [1.54, 1.807) is 0 Å². The molecule has 10 heteroatoms. The summed E-state index contributed by atoms with van der Waals surface area (Å²) in [6.07, 6.45) is 0. The van der Waals surface area contributed by atoms with Gasteiger partial charge in [0.15, 0.2) is 5.85 Å². The average Bonchev–Trinajstić information content (AvgIpc) is 1.59. The molecule has 0 bridgehead atoms. The Morgan fingerprint density at radius 2 is 1.50 bits per heavy atom. The van der Waals surface area contributed by atoms with Crippen molar-refractivity contribution in [3.05, 3.63) is 0 Å². The predicted molar refractivity (Wildman–Crippen MR) is 36.9 cm³/mol. The number of rotatable bonds is 1. The number of aliphatic hydroxyl groups excluding tert-OH is 1. The van der Waals surface area contributed by atoms with Gasteiger partial charge in [-0.1, -0.05) is 0 Å². The van der Waals surface area contributed by atoms with E-state index >= 15 is 0 Å². The van der Waals surface area contributed by atoms with Crippen LogP contribution in [0, 0.1) is 0 Å². The van der Waals surface area contributed by atoms with Crippen LogP contribution < -0.4 is 29.6 Å². The first kappa shape index (κ1) is 18.8. The van der Waals surface area contributed by atoms with E-state index in [-0.39, 0.29) is 31.0 Å². The van der Waals surface area contributed by atoms with Crippen LogP contribution in [0.15, 0.2) is 0 Å². The number of hydrogen-bond acceptors (Lipinski definition) is 3. The maximum atomic E-state index is 9.78. The molecule has 0 fully saturated rings. The van der Waals surface area contributed by atoms with Crippen molar-refractivity contribution in [3.8, 4) is 0 Å². The Morgan fingerprint density at radius 3 is 1.50 bits per heavy atom. The fourth-order valence-electron chi connectivity index (χ4n) is 0. The standard InChI is InChI=1S/C2H7O4P.Na.HO3P.H/c1-2(3)7(4,5)6;;1-4(2)3;/h2-3H,1H3,(H2,4,5,6);;(H-,1,2,3);/q;+1;;-1/p+1. The van der Waals surface area contributed by atoms with Crippen LogP contribution in [0.1, 0.15) is 8.35 Å². The second kappa shape index (κ2) is 8.72. The van der Waals surface area contributed by atoms with Crippen LogP contribution in [0.4, 0.5) is 0 Å². The predicted octanol–water partition coefficient (Wildman–Crippen LogP) is -3.75. The van der Waals surface area contributed by atoms with Crippen molar-refractivity contribution < 1.29 is 64.8 Å². The van der Waals surface area contributed by atoms with Crippen LogP contribution in [-0.2, 0) is 9.13 Å². The van der Waals surface area contributed by atoms with Gasteiger partial charge in [-0.25, -0.2) is 0 Å². The van der Waals surface area contributed by atoms with Gasteiger partial charge >= 0.3 is 45.4 Å². The summed E-state index contributed by atoms with van der Waals surface area (Å²) in [7, 11) is -7.05. The molecular weight excluding hydrogens is 221 g/mol. The summed E-state index contributed by atoms with van der Waals surface area (Å²) in [4.78, 5) is 30.2. The van der Waals surface area contributed by atoms with Crippen molar-refractivity contribution in [1.82, 2.24) is 0 Å². The molecular formula is C2H10NaO7P2+. The minimum atomic E-state index is -4.18. The third kappa shape index (κ3) is 22.5. The zero-order valence-electron chi connectivity index (χ0n) is 7.52. The molecule has 0 spiro atoms. The molecule has 0 aliphatic rings. The van der Waals surface area contributed by atoms with Crippen molar-refractivity contribution in [2.45, 2.75) is 12.8 Å². The van der Waals surface area contributed by atoms with Gasteiger partial charge in [0.1, 0.15) is 0 Å². The topological polar surface area (TPSA) is 135 Å². The largest absolute Gasteiger partial charge is 1.00 e. The summed E-state index contributed by atoms with van der Waals surface area (Å²) in [5.74, 6) is -1.53. The fraction of sp³-hybridized carbons (Fsp3) is 1.00. The first-order valence-corrected chi connectivity index (χ1v) is 5.11. The minimum Gasteiger partial charge on any atom is -1.00 e. The molecule has 0 aliphatic heterocycles. The van der Waals surface area contributed by atoms with Crippen LogP contribution in [-0.4, -0.2) is 30.5 Å². The number of aliphatic hydroxyl groups is 1. The maximum absolute atomic E-state index is 9.78. The van der Waals surface area contributed by atoms with Gasteiger partial charge < -0.3 is 16.3 Å². The van der Waals surface area contributed by atoms with E-state index in [2.05, 4.69) is 0 Å². The van der Waals surface area contributed by atoms with Gasteiger partial charge in [0.05, 0.1) is 0 Å². The molecule has 5 N–H and O–H groups in total. The SMILES string of the molecule is CC(O)P(=O)(O)O.O=[P+](O)O.[H-].[Na+]. The van der Waals surface area contributed by atoms with Crippen molar-refractivity contribution >= 4 is 15.9 Å². The van der Waals surface area contributed by atoms with Crippen molar-refractivity contribution in [3.63, 3.8) is 0 Å². The maximum Gasteiger partial charge on any atom is 1.00 e. The van der Waals surface area contributed by atoms with E-state index in [9.17, 15) is 4.57 Å². The molecule has 7 nitrogen and oxygen atoms in total. The smallest absolute Gasteiger partial charge is 1.00 e. The van der Waals surface area contributed by atoms with Gasteiger partial charge in [-0.05, 0) is 6.92 Å². The number of hydrogen-bond donors (Lipinski definition) is 5. The Kier molecular flexibility index (Phi) is 13.7. The van der Waals surface area contributed by atoms with E-state index < -0.39 is 21.7 Å². The minimum absolute atomic E-state index is 0. The molecule has 70 valence electrons. The molecule has 0 saturated carbocycles. The second-order valence-corrected chi connectivity index (χ2v) is 3.90. The molecule has 0 aromatic carbocycles. The van der Waals surface area contributed by atoms with E-state index in [4.69, 9.17) is 29.2 Å². The fourth-order valence-corrected chi connectivity index (χ4v) is 0. The monoisotopic (exact) mass is 231 g/mol. The second-order valence-electron chi connectivity index (χ2n) is 1.47. The summed E-state index contributed by atoms with van der Waals surface area (Å²) in [5.41, 5.74) is 0. The molecule has 0 aromatic rings. The van der Waals surface area contributed by atoms with Gasteiger partial charge in [-0.3, -0.25) is 4.57 Å². The Labute approximate surface area is 93.3 Å². The third-order valence-electron chi connectivity index (χ3n) is 0.487. The Hall–Kier alpha value is 1.13. The van der Waals surface area contributed by atoms with Gasteiger partial charge in [-0.15, -0.1) is 9.79 Å². The first-order valence-electron chi connectivity index (χ1n) is 2.26. The normalized spacial score (nSPS) is 11.8. The van der Waals surface area contributed by atoms with Crippen molar-refractivity contribution in [1.29, 1.82) is 0 Å². The van der Waals surface area contributed by atoms with Crippen LogP contribution in [0.25, 0.3) is 0 Å². The molecule has 12 heavy (non-hydrogen) atoms.